The molecule has 0 heterocycles. The molecule has 3 heteroatoms. The maximum atomic E-state index is 13.3. The van der Waals surface area contributed by atoms with Crippen molar-refractivity contribution in [1.82, 2.24) is 0 Å². The van der Waals surface area contributed by atoms with Crippen LogP contribution in [-0.2, 0) is 12.8 Å². The SMILES string of the molecule is Cc1ccc(CC(CCl)Cc2cc(F)ccc2Cl)cc1. The summed E-state index contributed by atoms with van der Waals surface area (Å²) in [6.45, 7) is 2.06. The van der Waals surface area contributed by atoms with Crippen molar-refractivity contribution in [3.05, 3.63) is 70.0 Å². The highest BCUT2D eigenvalue weighted by Crippen LogP contribution is 2.23. The second kappa shape index (κ2) is 7.10. The van der Waals surface area contributed by atoms with Crippen LogP contribution in [0.1, 0.15) is 16.7 Å². The Morgan fingerprint density at radius 3 is 2.40 bits per heavy atom. The Hall–Kier alpha value is -1.05. The first-order chi connectivity index (χ1) is 9.58. The molecule has 0 saturated carbocycles. The van der Waals surface area contributed by atoms with Gasteiger partial charge < -0.3 is 0 Å². The predicted octanol–water partition coefficient (Wildman–Crippen LogP) is 5.43. The third kappa shape index (κ3) is 4.22. The van der Waals surface area contributed by atoms with Crippen molar-refractivity contribution in [3.8, 4) is 0 Å². The molecule has 0 spiro atoms. The van der Waals surface area contributed by atoms with Gasteiger partial charge in [0, 0.05) is 10.9 Å². The summed E-state index contributed by atoms with van der Waals surface area (Å²) in [7, 11) is 0. The first-order valence-electron chi connectivity index (χ1n) is 6.64. The molecule has 0 aromatic heterocycles. The van der Waals surface area contributed by atoms with E-state index in [0.717, 1.165) is 12.0 Å². The van der Waals surface area contributed by atoms with Crippen LogP contribution in [0.25, 0.3) is 0 Å². The molecule has 0 aliphatic rings. The minimum absolute atomic E-state index is 0.249. The highest BCUT2D eigenvalue weighted by atomic mass is 35.5. The average Bonchev–Trinajstić information content (AvgIpc) is 2.44. The van der Waals surface area contributed by atoms with E-state index < -0.39 is 0 Å². The Morgan fingerprint density at radius 2 is 1.75 bits per heavy atom. The van der Waals surface area contributed by atoms with Crippen LogP contribution < -0.4 is 0 Å². The minimum Gasteiger partial charge on any atom is -0.207 e. The molecule has 0 aliphatic carbocycles. The zero-order valence-electron chi connectivity index (χ0n) is 11.4. The van der Waals surface area contributed by atoms with E-state index in [1.54, 1.807) is 6.07 Å². The molecule has 0 N–H and O–H groups in total. The van der Waals surface area contributed by atoms with Crippen LogP contribution in [0.5, 0.6) is 0 Å². The fraction of sp³-hybridized carbons (Fsp3) is 0.294. The molecule has 0 radical (unpaired) electrons. The first kappa shape index (κ1) is 15.3. The van der Waals surface area contributed by atoms with Gasteiger partial charge in [-0.25, -0.2) is 4.39 Å². The molecule has 0 saturated heterocycles. The molecular formula is C17H17Cl2F. The summed E-state index contributed by atoms with van der Waals surface area (Å²) in [6, 6.07) is 12.9. The average molecular weight is 311 g/mol. The minimum atomic E-state index is -0.256. The quantitative estimate of drug-likeness (QED) is 0.646. The summed E-state index contributed by atoms with van der Waals surface area (Å²) >= 11 is 12.2. The standard InChI is InChI=1S/C17H17Cl2F/c1-12-2-4-13(5-3-12)8-14(11-18)9-15-10-16(20)6-7-17(15)19/h2-7,10,14H,8-9,11H2,1H3. The lowest BCUT2D eigenvalue weighted by Gasteiger charge is -2.15. The van der Waals surface area contributed by atoms with Gasteiger partial charge in [0.2, 0.25) is 0 Å². The van der Waals surface area contributed by atoms with Crippen molar-refractivity contribution >= 4 is 23.2 Å². The van der Waals surface area contributed by atoms with E-state index in [1.165, 1.54) is 23.3 Å². The molecule has 0 fully saturated rings. The van der Waals surface area contributed by atoms with Crippen LogP contribution >= 0.6 is 23.2 Å². The molecule has 20 heavy (non-hydrogen) atoms. The topological polar surface area (TPSA) is 0 Å². The van der Waals surface area contributed by atoms with Gasteiger partial charge in [-0.05, 0) is 55.0 Å². The molecular weight excluding hydrogens is 294 g/mol. The summed E-state index contributed by atoms with van der Waals surface area (Å²) in [5, 5.41) is 0.602. The van der Waals surface area contributed by atoms with Crippen LogP contribution in [0, 0.1) is 18.7 Å². The maximum absolute atomic E-state index is 13.3. The molecule has 0 nitrogen and oxygen atoms in total. The summed E-state index contributed by atoms with van der Waals surface area (Å²) in [5.41, 5.74) is 3.31. The number of aryl methyl sites for hydroxylation is 1. The van der Waals surface area contributed by atoms with Gasteiger partial charge in [0.15, 0.2) is 0 Å². The smallest absolute Gasteiger partial charge is 0.123 e. The zero-order chi connectivity index (χ0) is 14.5. The lowest BCUT2D eigenvalue weighted by Crippen LogP contribution is -2.10. The molecule has 106 valence electrons. The molecule has 2 aromatic rings. The Labute approximate surface area is 129 Å². The summed E-state index contributed by atoms with van der Waals surface area (Å²) in [5.74, 6) is 0.521. The Kier molecular flexibility index (Phi) is 5.45. The summed E-state index contributed by atoms with van der Waals surface area (Å²) < 4.78 is 13.3. The summed E-state index contributed by atoms with van der Waals surface area (Å²) in [6.07, 6.45) is 1.56. The molecule has 0 aliphatic heterocycles. The van der Waals surface area contributed by atoms with Crippen LogP contribution in [-0.4, -0.2) is 5.88 Å². The van der Waals surface area contributed by atoms with E-state index in [4.69, 9.17) is 23.2 Å². The number of hydrogen-bond donors (Lipinski definition) is 0. The van der Waals surface area contributed by atoms with E-state index in [9.17, 15) is 4.39 Å². The summed E-state index contributed by atoms with van der Waals surface area (Å²) in [4.78, 5) is 0. The normalized spacial score (nSPS) is 12.4. The van der Waals surface area contributed by atoms with Crippen molar-refractivity contribution in [2.75, 3.05) is 5.88 Å². The number of rotatable bonds is 5. The second-order valence-electron chi connectivity index (χ2n) is 5.15. The highest BCUT2D eigenvalue weighted by molar-refractivity contribution is 6.31. The third-order valence-electron chi connectivity index (χ3n) is 3.38. The van der Waals surface area contributed by atoms with Crippen molar-refractivity contribution in [2.24, 2.45) is 5.92 Å². The molecule has 2 aromatic carbocycles. The van der Waals surface area contributed by atoms with E-state index in [0.29, 0.717) is 17.3 Å². The first-order valence-corrected chi connectivity index (χ1v) is 7.55. The lowest BCUT2D eigenvalue weighted by atomic mass is 9.93. The van der Waals surface area contributed by atoms with Crippen LogP contribution in [0.15, 0.2) is 42.5 Å². The van der Waals surface area contributed by atoms with E-state index in [-0.39, 0.29) is 11.7 Å². The monoisotopic (exact) mass is 310 g/mol. The van der Waals surface area contributed by atoms with Gasteiger partial charge in [-0.1, -0.05) is 41.4 Å². The molecule has 0 amide bonds. The van der Waals surface area contributed by atoms with Gasteiger partial charge in [0.05, 0.1) is 0 Å². The maximum Gasteiger partial charge on any atom is 0.123 e. The number of benzene rings is 2. The van der Waals surface area contributed by atoms with Gasteiger partial charge in [0.1, 0.15) is 5.82 Å². The third-order valence-corrected chi connectivity index (χ3v) is 4.18. The molecule has 1 atom stereocenters. The Balaban J connectivity index is 2.08. The Bertz CT molecular complexity index is 564. The number of halogens is 3. The van der Waals surface area contributed by atoms with Crippen LogP contribution in [0.3, 0.4) is 0 Å². The number of hydrogen-bond acceptors (Lipinski definition) is 0. The molecule has 0 bridgehead atoms. The second-order valence-corrected chi connectivity index (χ2v) is 5.87. The molecule has 1 unspecified atom stereocenters. The highest BCUT2D eigenvalue weighted by Gasteiger charge is 2.12. The van der Waals surface area contributed by atoms with E-state index in [1.807, 2.05) is 0 Å². The van der Waals surface area contributed by atoms with Gasteiger partial charge in [0.25, 0.3) is 0 Å². The van der Waals surface area contributed by atoms with E-state index in [2.05, 4.69) is 31.2 Å². The van der Waals surface area contributed by atoms with Crippen molar-refractivity contribution in [2.45, 2.75) is 19.8 Å². The Morgan fingerprint density at radius 1 is 1.05 bits per heavy atom. The van der Waals surface area contributed by atoms with Crippen molar-refractivity contribution in [3.63, 3.8) is 0 Å². The zero-order valence-corrected chi connectivity index (χ0v) is 12.9. The van der Waals surface area contributed by atoms with Crippen LogP contribution in [0.4, 0.5) is 4.39 Å². The molecule has 2 rings (SSSR count). The predicted molar refractivity (Wildman–Crippen MR) is 84.2 cm³/mol. The van der Waals surface area contributed by atoms with Gasteiger partial charge in [-0.15, -0.1) is 11.6 Å². The van der Waals surface area contributed by atoms with Gasteiger partial charge >= 0.3 is 0 Å². The fourth-order valence-corrected chi connectivity index (χ4v) is 2.66. The van der Waals surface area contributed by atoms with Gasteiger partial charge in [-0.2, -0.15) is 0 Å². The fourth-order valence-electron chi connectivity index (χ4n) is 2.25. The van der Waals surface area contributed by atoms with Crippen LogP contribution in [0.2, 0.25) is 5.02 Å². The van der Waals surface area contributed by atoms with Gasteiger partial charge in [-0.3, -0.25) is 0 Å². The van der Waals surface area contributed by atoms with Crippen molar-refractivity contribution < 1.29 is 4.39 Å². The lowest BCUT2D eigenvalue weighted by molar-refractivity contribution is 0.576. The van der Waals surface area contributed by atoms with E-state index >= 15 is 0 Å². The largest absolute Gasteiger partial charge is 0.207 e. The number of alkyl halides is 1. The van der Waals surface area contributed by atoms with Crippen molar-refractivity contribution in [1.29, 1.82) is 0 Å².